The molecule has 1 aromatic rings. The highest BCUT2D eigenvalue weighted by Crippen LogP contribution is 2.31. The molecule has 4 N–H and O–H groups in total. The van der Waals surface area contributed by atoms with Gasteiger partial charge < -0.3 is 21.1 Å². The van der Waals surface area contributed by atoms with E-state index in [0.29, 0.717) is 23.8 Å². The van der Waals surface area contributed by atoms with Gasteiger partial charge in [-0.2, -0.15) is 0 Å². The van der Waals surface area contributed by atoms with Crippen LogP contribution in [-0.2, 0) is 4.79 Å². The summed E-state index contributed by atoms with van der Waals surface area (Å²) in [4.78, 5) is 23.5. The number of carbonyl (C=O) groups is 2. The van der Waals surface area contributed by atoms with E-state index in [1.807, 2.05) is 0 Å². The summed E-state index contributed by atoms with van der Waals surface area (Å²) in [6, 6.07) is 6.71. The molecule has 0 bridgehead atoms. The van der Waals surface area contributed by atoms with Gasteiger partial charge in [0.25, 0.3) is 5.91 Å². The third kappa shape index (κ3) is 4.75. The number of carbonyl (C=O) groups excluding carboxylic acids is 2. The van der Waals surface area contributed by atoms with Crippen molar-refractivity contribution in [3.63, 3.8) is 0 Å². The van der Waals surface area contributed by atoms with E-state index in [9.17, 15) is 9.59 Å². The van der Waals surface area contributed by atoms with E-state index in [1.54, 1.807) is 31.4 Å². The largest absolute Gasteiger partial charge is 0.497 e. The highest BCUT2D eigenvalue weighted by molar-refractivity contribution is 5.96. The standard InChI is InChI=1S/C15H21N3O3/c1-21-12-6-4-11(5-7-12)15(20)18-9-14(19)17-8-13(16)10-2-3-10/h4-7,10,13H,2-3,8-9,16H2,1H3,(H,17,19)(H,18,20). The number of ether oxygens (including phenoxy) is 1. The molecule has 0 radical (unpaired) electrons. The summed E-state index contributed by atoms with van der Waals surface area (Å²) in [5.74, 6) is 0.699. The van der Waals surface area contributed by atoms with Crippen LogP contribution >= 0.6 is 0 Å². The van der Waals surface area contributed by atoms with Crippen molar-refractivity contribution in [3.05, 3.63) is 29.8 Å². The third-order valence-electron chi connectivity index (χ3n) is 3.52. The minimum atomic E-state index is -0.292. The van der Waals surface area contributed by atoms with Crippen LogP contribution in [0.15, 0.2) is 24.3 Å². The summed E-state index contributed by atoms with van der Waals surface area (Å²) in [6.45, 7) is 0.407. The van der Waals surface area contributed by atoms with Crippen molar-refractivity contribution in [2.75, 3.05) is 20.2 Å². The second-order valence-corrected chi connectivity index (χ2v) is 5.22. The van der Waals surface area contributed by atoms with Crippen molar-refractivity contribution >= 4 is 11.8 Å². The van der Waals surface area contributed by atoms with Gasteiger partial charge in [0.1, 0.15) is 5.75 Å². The number of nitrogens with one attached hydrogen (secondary N) is 2. The molecule has 0 spiro atoms. The lowest BCUT2D eigenvalue weighted by molar-refractivity contribution is -0.120. The molecule has 6 heteroatoms. The second kappa shape index (κ2) is 7.08. The van der Waals surface area contributed by atoms with Crippen molar-refractivity contribution in [1.82, 2.24) is 10.6 Å². The summed E-state index contributed by atoms with van der Waals surface area (Å²) < 4.78 is 5.02. The van der Waals surface area contributed by atoms with Crippen LogP contribution in [0, 0.1) is 5.92 Å². The summed E-state index contributed by atoms with van der Waals surface area (Å²) in [7, 11) is 1.56. The Balaban J connectivity index is 1.70. The van der Waals surface area contributed by atoms with Gasteiger partial charge in [-0.1, -0.05) is 0 Å². The number of benzene rings is 1. The third-order valence-corrected chi connectivity index (χ3v) is 3.52. The van der Waals surface area contributed by atoms with Crippen LogP contribution in [0.4, 0.5) is 0 Å². The second-order valence-electron chi connectivity index (χ2n) is 5.22. The van der Waals surface area contributed by atoms with E-state index in [-0.39, 0.29) is 24.4 Å². The predicted molar refractivity (Wildman–Crippen MR) is 79.0 cm³/mol. The van der Waals surface area contributed by atoms with Crippen LogP contribution in [0.25, 0.3) is 0 Å². The average Bonchev–Trinajstić information content (AvgIpc) is 3.35. The predicted octanol–water partition coefficient (Wildman–Crippen LogP) is 0.279. The average molecular weight is 291 g/mol. The molecule has 114 valence electrons. The van der Waals surface area contributed by atoms with E-state index in [4.69, 9.17) is 10.5 Å². The number of amides is 2. The van der Waals surface area contributed by atoms with E-state index < -0.39 is 0 Å². The van der Waals surface area contributed by atoms with E-state index >= 15 is 0 Å². The van der Waals surface area contributed by atoms with Gasteiger partial charge in [0.05, 0.1) is 13.7 Å². The first-order chi connectivity index (χ1) is 10.1. The molecule has 1 aromatic carbocycles. The first-order valence-corrected chi connectivity index (χ1v) is 7.04. The zero-order chi connectivity index (χ0) is 15.2. The Labute approximate surface area is 124 Å². The zero-order valence-electron chi connectivity index (χ0n) is 12.1. The highest BCUT2D eigenvalue weighted by atomic mass is 16.5. The van der Waals surface area contributed by atoms with E-state index in [2.05, 4.69) is 10.6 Å². The van der Waals surface area contributed by atoms with E-state index in [0.717, 1.165) is 12.8 Å². The van der Waals surface area contributed by atoms with Crippen LogP contribution in [0.2, 0.25) is 0 Å². The number of methoxy groups -OCH3 is 1. The zero-order valence-corrected chi connectivity index (χ0v) is 12.1. The normalized spacial score (nSPS) is 15.1. The number of nitrogens with two attached hydrogens (primary N) is 1. The first-order valence-electron chi connectivity index (χ1n) is 7.04. The summed E-state index contributed by atoms with van der Waals surface area (Å²) in [5.41, 5.74) is 6.37. The summed E-state index contributed by atoms with van der Waals surface area (Å²) >= 11 is 0. The van der Waals surface area contributed by atoms with Gasteiger partial charge in [0.15, 0.2) is 0 Å². The Morgan fingerprint density at radius 1 is 1.29 bits per heavy atom. The SMILES string of the molecule is COc1ccc(C(=O)NCC(=O)NCC(N)C2CC2)cc1. The smallest absolute Gasteiger partial charge is 0.251 e. The topological polar surface area (TPSA) is 93.4 Å². The van der Waals surface area contributed by atoms with Gasteiger partial charge in [-0.15, -0.1) is 0 Å². The Morgan fingerprint density at radius 2 is 1.95 bits per heavy atom. The molecule has 21 heavy (non-hydrogen) atoms. The van der Waals surface area contributed by atoms with Gasteiger partial charge in [0.2, 0.25) is 5.91 Å². The summed E-state index contributed by atoms with van der Waals surface area (Å²) in [6.07, 6.45) is 2.29. The molecule has 0 aliphatic heterocycles. The maximum absolute atomic E-state index is 11.8. The van der Waals surface area contributed by atoms with Gasteiger partial charge in [-0.25, -0.2) is 0 Å². The lowest BCUT2D eigenvalue weighted by atomic mass is 10.2. The fourth-order valence-electron chi connectivity index (χ4n) is 1.99. The molecule has 6 nitrogen and oxygen atoms in total. The number of rotatable bonds is 7. The molecule has 0 saturated heterocycles. The van der Waals surface area contributed by atoms with Crippen molar-refractivity contribution < 1.29 is 14.3 Å². The van der Waals surface area contributed by atoms with Gasteiger partial charge in [-0.3, -0.25) is 9.59 Å². The Kier molecular flexibility index (Phi) is 5.16. The molecule has 1 unspecified atom stereocenters. The van der Waals surface area contributed by atoms with Crippen LogP contribution in [0.3, 0.4) is 0 Å². The van der Waals surface area contributed by atoms with Crippen molar-refractivity contribution in [2.45, 2.75) is 18.9 Å². The quantitative estimate of drug-likeness (QED) is 0.672. The lowest BCUT2D eigenvalue weighted by Crippen LogP contribution is -2.43. The maximum atomic E-state index is 11.8. The van der Waals surface area contributed by atoms with Crippen LogP contribution in [0.5, 0.6) is 5.75 Å². The summed E-state index contributed by atoms with van der Waals surface area (Å²) in [5, 5.41) is 5.30. The number of hydrogen-bond donors (Lipinski definition) is 3. The Morgan fingerprint density at radius 3 is 2.52 bits per heavy atom. The molecule has 1 saturated carbocycles. The van der Waals surface area contributed by atoms with Crippen molar-refractivity contribution in [3.8, 4) is 5.75 Å². The fraction of sp³-hybridized carbons (Fsp3) is 0.467. The van der Waals surface area contributed by atoms with Gasteiger partial charge >= 0.3 is 0 Å². The molecule has 1 aliphatic rings. The van der Waals surface area contributed by atoms with Crippen LogP contribution in [0.1, 0.15) is 23.2 Å². The lowest BCUT2D eigenvalue weighted by Gasteiger charge is -2.12. The van der Waals surface area contributed by atoms with Gasteiger partial charge in [-0.05, 0) is 43.0 Å². The maximum Gasteiger partial charge on any atom is 0.251 e. The van der Waals surface area contributed by atoms with Crippen molar-refractivity contribution in [1.29, 1.82) is 0 Å². The number of hydrogen-bond acceptors (Lipinski definition) is 4. The van der Waals surface area contributed by atoms with Gasteiger partial charge in [0, 0.05) is 18.2 Å². The van der Waals surface area contributed by atoms with Crippen molar-refractivity contribution in [2.24, 2.45) is 11.7 Å². The highest BCUT2D eigenvalue weighted by Gasteiger charge is 2.28. The molecule has 2 rings (SSSR count). The fourth-order valence-corrected chi connectivity index (χ4v) is 1.99. The molecule has 1 atom stereocenters. The van der Waals surface area contributed by atoms with Crippen LogP contribution in [-0.4, -0.2) is 38.1 Å². The monoisotopic (exact) mass is 291 g/mol. The molecule has 0 aromatic heterocycles. The molecule has 1 fully saturated rings. The molecule has 0 heterocycles. The molecule has 2 amide bonds. The molecular weight excluding hydrogens is 270 g/mol. The Hall–Kier alpha value is -2.08. The van der Waals surface area contributed by atoms with Crippen LogP contribution < -0.4 is 21.1 Å². The molecular formula is C15H21N3O3. The molecule has 1 aliphatic carbocycles. The Bertz CT molecular complexity index is 497. The minimum Gasteiger partial charge on any atom is -0.497 e. The first kappa shape index (κ1) is 15.3. The van der Waals surface area contributed by atoms with E-state index in [1.165, 1.54) is 0 Å². The minimum absolute atomic E-state index is 0.0197.